The van der Waals surface area contributed by atoms with Gasteiger partial charge in [-0.15, -0.1) is 0 Å². The molecule has 0 spiro atoms. The molecule has 0 N–H and O–H groups in total. The van der Waals surface area contributed by atoms with Gasteiger partial charge in [-0.25, -0.2) is 0 Å². The van der Waals surface area contributed by atoms with Crippen LogP contribution in [0.5, 0.6) is 0 Å². The first kappa shape index (κ1) is 13.0. The van der Waals surface area contributed by atoms with E-state index in [0.717, 1.165) is 29.6 Å². The lowest BCUT2D eigenvalue weighted by molar-refractivity contribution is 0.176. The van der Waals surface area contributed by atoms with Crippen molar-refractivity contribution in [2.45, 2.75) is 46.5 Å². The van der Waals surface area contributed by atoms with Crippen molar-refractivity contribution in [3.05, 3.63) is 11.8 Å². The molecular weight excluding hydrogens is 206 g/mol. The molecule has 1 heteroatoms. The highest BCUT2D eigenvalue weighted by molar-refractivity contribution is 5.04. The van der Waals surface area contributed by atoms with Crippen LogP contribution in [0.2, 0.25) is 0 Å². The molecule has 0 saturated heterocycles. The number of hydrogen-bond donors (Lipinski definition) is 0. The maximum atomic E-state index is 2.47. The summed E-state index contributed by atoms with van der Waals surface area (Å²) in [5.74, 6) is 5.00. The summed E-state index contributed by atoms with van der Waals surface area (Å²) in [4.78, 5) is 2.23. The molecule has 17 heavy (non-hydrogen) atoms. The molecule has 0 aromatic rings. The summed E-state index contributed by atoms with van der Waals surface area (Å²) in [6, 6.07) is 0. The van der Waals surface area contributed by atoms with Crippen LogP contribution < -0.4 is 0 Å². The quantitative estimate of drug-likeness (QED) is 0.691. The Morgan fingerprint density at radius 3 is 2.18 bits per heavy atom. The molecule has 2 aliphatic carbocycles. The monoisotopic (exact) mass is 235 g/mol. The summed E-state index contributed by atoms with van der Waals surface area (Å²) >= 11 is 0. The van der Waals surface area contributed by atoms with E-state index in [1.54, 1.807) is 0 Å². The highest BCUT2D eigenvalue weighted by atomic mass is 15.1. The van der Waals surface area contributed by atoms with E-state index in [4.69, 9.17) is 0 Å². The Kier molecular flexibility index (Phi) is 3.85. The van der Waals surface area contributed by atoms with E-state index in [9.17, 15) is 0 Å². The molecular formula is C16H29N. The van der Waals surface area contributed by atoms with E-state index in [-0.39, 0.29) is 0 Å². The zero-order valence-corrected chi connectivity index (χ0v) is 12.2. The van der Waals surface area contributed by atoms with Crippen LogP contribution in [0, 0.1) is 29.6 Å². The van der Waals surface area contributed by atoms with Crippen LogP contribution in [0.25, 0.3) is 0 Å². The first-order chi connectivity index (χ1) is 8.02. The summed E-state index contributed by atoms with van der Waals surface area (Å²) in [6.45, 7) is 7.13. The van der Waals surface area contributed by atoms with Gasteiger partial charge in [-0.1, -0.05) is 39.2 Å². The van der Waals surface area contributed by atoms with Gasteiger partial charge in [0, 0.05) is 19.8 Å². The molecule has 0 radical (unpaired) electrons. The molecule has 1 nitrogen and oxygen atoms in total. The maximum Gasteiger partial charge on any atom is 0.00579 e. The second-order valence-electron chi connectivity index (χ2n) is 6.63. The van der Waals surface area contributed by atoms with Gasteiger partial charge in [0.25, 0.3) is 0 Å². The maximum absolute atomic E-state index is 2.47. The van der Waals surface area contributed by atoms with Crippen LogP contribution in [0.3, 0.4) is 0 Å². The molecule has 0 bridgehead atoms. The van der Waals surface area contributed by atoms with E-state index in [1.807, 2.05) is 0 Å². The van der Waals surface area contributed by atoms with Gasteiger partial charge >= 0.3 is 0 Å². The molecule has 2 saturated carbocycles. The fraction of sp³-hybridized carbons (Fsp3) is 0.875. The Morgan fingerprint density at radius 2 is 1.82 bits per heavy atom. The average Bonchev–Trinajstić information content (AvgIpc) is 2.78. The van der Waals surface area contributed by atoms with Gasteiger partial charge in [-0.2, -0.15) is 0 Å². The largest absolute Gasteiger partial charge is 0.381 e. The van der Waals surface area contributed by atoms with Gasteiger partial charge in [0.1, 0.15) is 0 Å². The number of rotatable bonds is 5. The second-order valence-corrected chi connectivity index (χ2v) is 6.63. The van der Waals surface area contributed by atoms with Crippen LogP contribution in [0.15, 0.2) is 11.8 Å². The summed E-state index contributed by atoms with van der Waals surface area (Å²) in [5.41, 5.74) is 1.43. The molecule has 2 fully saturated rings. The van der Waals surface area contributed by atoms with Crippen LogP contribution >= 0.6 is 0 Å². The van der Waals surface area contributed by atoms with E-state index in [1.165, 1.54) is 31.4 Å². The third-order valence-corrected chi connectivity index (χ3v) is 5.54. The molecule has 2 rings (SSSR count). The van der Waals surface area contributed by atoms with Crippen LogP contribution in [-0.2, 0) is 0 Å². The topological polar surface area (TPSA) is 3.24 Å². The van der Waals surface area contributed by atoms with Crippen molar-refractivity contribution in [2.75, 3.05) is 14.1 Å². The van der Waals surface area contributed by atoms with Crippen LogP contribution in [-0.4, -0.2) is 19.0 Å². The molecule has 0 heterocycles. The van der Waals surface area contributed by atoms with Gasteiger partial charge in [0.05, 0.1) is 0 Å². The van der Waals surface area contributed by atoms with Crippen LogP contribution in [0.1, 0.15) is 46.5 Å². The Hall–Kier alpha value is -0.460. The van der Waals surface area contributed by atoms with E-state index >= 15 is 0 Å². The standard InChI is InChI=1S/C16H29N/c1-11(17(4)5)9-10-15(14-7-6-8-14)16-12(2)13(16)3/h9,12-16H,6-8,10H2,1-5H3/b11-9+. The fourth-order valence-electron chi connectivity index (χ4n) is 3.50. The Bertz CT molecular complexity index is 280. The van der Waals surface area contributed by atoms with Crippen molar-refractivity contribution >= 4 is 0 Å². The number of hydrogen-bond acceptors (Lipinski definition) is 1. The Morgan fingerprint density at radius 1 is 1.24 bits per heavy atom. The predicted octanol–water partition coefficient (Wildman–Crippen LogP) is 4.16. The smallest absolute Gasteiger partial charge is 0.00579 e. The van der Waals surface area contributed by atoms with Crippen molar-refractivity contribution in [2.24, 2.45) is 29.6 Å². The molecule has 2 aliphatic rings. The van der Waals surface area contributed by atoms with Gasteiger partial charge in [-0.05, 0) is 42.9 Å². The molecule has 0 aliphatic heterocycles. The lowest BCUT2D eigenvalue weighted by Crippen LogP contribution is -2.24. The van der Waals surface area contributed by atoms with Crippen molar-refractivity contribution in [1.29, 1.82) is 0 Å². The molecule has 98 valence electrons. The fourth-order valence-corrected chi connectivity index (χ4v) is 3.50. The van der Waals surface area contributed by atoms with Crippen molar-refractivity contribution in [1.82, 2.24) is 4.90 Å². The van der Waals surface area contributed by atoms with E-state index < -0.39 is 0 Å². The highest BCUT2D eigenvalue weighted by Gasteiger charge is 2.50. The summed E-state index contributed by atoms with van der Waals surface area (Å²) in [7, 11) is 4.29. The average molecular weight is 235 g/mol. The number of nitrogens with zero attached hydrogens (tertiary/aromatic N) is 1. The zero-order valence-electron chi connectivity index (χ0n) is 12.2. The molecule has 3 atom stereocenters. The van der Waals surface area contributed by atoms with Crippen molar-refractivity contribution < 1.29 is 0 Å². The van der Waals surface area contributed by atoms with Crippen molar-refractivity contribution in [3.63, 3.8) is 0 Å². The minimum absolute atomic E-state index is 0.976. The van der Waals surface area contributed by atoms with E-state index in [2.05, 4.69) is 45.8 Å². The lowest BCUT2D eigenvalue weighted by atomic mass is 9.71. The summed E-state index contributed by atoms with van der Waals surface area (Å²) in [5, 5.41) is 0. The van der Waals surface area contributed by atoms with Gasteiger partial charge in [0.2, 0.25) is 0 Å². The molecule has 3 unspecified atom stereocenters. The third-order valence-electron chi connectivity index (χ3n) is 5.54. The second kappa shape index (κ2) is 5.04. The highest BCUT2D eigenvalue weighted by Crippen LogP contribution is 2.56. The zero-order chi connectivity index (χ0) is 12.6. The van der Waals surface area contributed by atoms with Crippen LogP contribution in [0.4, 0.5) is 0 Å². The summed E-state index contributed by atoms with van der Waals surface area (Å²) < 4.78 is 0. The molecule has 0 amide bonds. The lowest BCUT2D eigenvalue weighted by Gasteiger charge is -2.34. The molecule has 0 aromatic carbocycles. The van der Waals surface area contributed by atoms with E-state index in [0.29, 0.717) is 0 Å². The first-order valence-corrected chi connectivity index (χ1v) is 7.36. The Balaban J connectivity index is 1.95. The van der Waals surface area contributed by atoms with Gasteiger partial charge < -0.3 is 4.90 Å². The van der Waals surface area contributed by atoms with Crippen molar-refractivity contribution in [3.8, 4) is 0 Å². The van der Waals surface area contributed by atoms with Gasteiger partial charge in [-0.3, -0.25) is 0 Å². The minimum atomic E-state index is 0.976. The third kappa shape index (κ3) is 2.69. The predicted molar refractivity (Wildman–Crippen MR) is 74.7 cm³/mol. The number of allylic oxidation sites excluding steroid dienone is 2. The summed E-state index contributed by atoms with van der Waals surface area (Å²) in [6.07, 6.45) is 8.26. The molecule has 0 aromatic heterocycles. The van der Waals surface area contributed by atoms with Gasteiger partial charge in [0.15, 0.2) is 0 Å². The first-order valence-electron chi connectivity index (χ1n) is 7.36. The normalized spacial score (nSPS) is 35.4. The SMILES string of the molecule is C/C(=C\CC(C1CCC1)C1C(C)C1C)N(C)C. The minimum Gasteiger partial charge on any atom is -0.381 e. The Labute approximate surface area is 107 Å².